The maximum Gasteiger partial charge on any atom is 0.256 e. The van der Waals surface area contributed by atoms with E-state index in [0.29, 0.717) is 17.8 Å². The van der Waals surface area contributed by atoms with Crippen LogP contribution < -0.4 is 5.73 Å². The summed E-state index contributed by atoms with van der Waals surface area (Å²) < 4.78 is 0.859. The molecule has 2 rings (SSSR count). The van der Waals surface area contributed by atoms with Gasteiger partial charge in [-0.15, -0.1) is 0 Å². The minimum Gasteiger partial charge on any atom is -0.398 e. The number of halogens is 1. The van der Waals surface area contributed by atoms with Gasteiger partial charge in [0.2, 0.25) is 0 Å². The van der Waals surface area contributed by atoms with Crippen LogP contribution in [0.4, 0.5) is 5.69 Å². The quantitative estimate of drug-likeness (QED) is 0.828. The summed E-state index contributed by atoms with van der Waals surface area (Å²) in [5, 5.41) is 9.24. The Kier molecular flexibility index (Phi) is 5.43. The van der Waals surface area contributed by atoms with Crippen molar-refractivity contribution in [3.05, 3.63) is 28.2 Å². The Morgan fingerprint density at radius 3 is 2.65 bits per heavy atom. The van der Waals surface area contributed by atoms with Crippen LogP contribution in [0.15, 0.2) is 22.7 Å². The van der Waals surface area contributed by atoms with Crippen LogP contribution in [0.2, 0.25) is 0 Å². The average Bonchev–Trinajstić information content (AvgIpc) is 2.45. The van der Waals surface area contributed by atoms with Crippen LogP contribution in [0.3, 0.4) is 0 Å². The molecular weight excluding hydrogens is 320 g/mol. The maximum atomic E-state index is 12.7. The van der Waals surface area contributed by atoms with E-state index < -0.39 is 0 Å². The number of carbonyl (C=O) groups is 1. The second-order valence-electron chi connectivity index (χ2n) is 5.25. The zero-order chi connectivity index (χ0) is 14.5. The summed E-state index contributed by atoms with van der Waals surface area (Å²) in [5.74, 6) is -0.0732. The molecule has 1 saturated carbocycles. The lowest BCUT2D eigenvalue weighted by atomic mass is 9.93. The Hall–Kier alpha value is -1.07. The van der Waals surface area contributed by atoms with E-state index in [1.807, 2.05) is 6.07 Å². The highest BCUT2D eigenvalue weighted by Crippen LogP contribution is 2.26. The van der Waals surface area contributed by atoms with Gasteiger partial charge in [-0.2, -0.15) is 0 Å². The number of hydrogen-bond acceptors (Lipinski definition) is 3. The molecule has 1 amide bonds. The fraction of sp³-hybridized carbons (Fsp3) is 0.533. The van der Waals surface area contributed by atoms with E-state index in [1.54, 1.807) is 17.0 Å². The van der Waals surface area contributed by atoms with Crippen molar-refractivity contribution in [1.82, 2.24) is 4.90 Å². The molecule has 0 radical (unpaired) electrons. The number of aliphatic hydroxyl groups is 1. The molecule has 1 aliphatic rings. The van der Waals surface area contributed by atoms with Crippen LogP contribution in [0.5, 0.6) is 0 Å². The van der Waals surface area contributed by atoms with E-state index in [0.717, 1.165) is 30.2 Å². The van der Waals surface area contributed by atoms with E-state index in [2.05, 4.69) is 15.9 Å². The summed E-state index contributed by atoms with van der Waals surface area (Å²) in [5.41, 5.74) is 6.94. The van der Waals surface area contributed by atoms with Gasteiger partial charge in [0.05, 0.1) is 12.2 Å². The van der Waals surface area contributed by atoms with Gasteiger partial charge < -0.3 is 15.7 Å². The topological polar surface area (TPSA) is 66.6 Å². The highest BCUT2D eigenvalue weighted by Gasteiger charge is 2.26. The number of benzene rings is 1. The van der Waals surface area contributed by atoms with E-state index in [4.69, 9.17) is 5.73 Å². The lowest BCUT2D eigenvalue weighted by Crippen LogP contribution is -2.43. The van der Waals surface area contributed by atoms with Gasteiger partial charge in [0, 0.05) is 22.7 Å². The average molecular weight is 341 g/mol. The first-order chi connectivity index (χ1) is 9.63. The molecule has 20 heavy (non-hydrogen) atoms. The summed E-state index contributed by atoms with van der Waals surface area (Å²) in [7, 11) is 0. The van der Waals surface area contributed by atoms with Crippen molar-refractivity contribution in [1.29, 1.82) is 0 Å². The Labute approximate surface area is 128 Å². The Morgan fingerprint density at radius 1 is 1.35 bits per heavy atom. The first-order valence-corrected chi connectivity index (χ1v) is 7.89. The third-order valence-electron chi connectivity index (χ3n) is 3.86. The van der Waals surface area contributed by atoms with Gasteiger partial charge in [0.15, 0.2) is 0 Å². The molecule has 0 heterocycles. The predicted octanol–water partition coefficient (Wildman–Crippen LogP) is 2.80. The minimum atomic E-state index is -0.0732. The van der Waals surface area contributed by atoms with Crippen LogP contribution in [-0.2, 0) is 0 Å². The molecule has 1 aliphatic carbocycles. The van der Waals surface area contributed by atoms with E-state index in [1.165, 1.54) is 6.42 Å². The highest BCUT2D eigenvalue weighted by molar-refractivity contribution is 9.10. The molecule has 1 aromatic rings. The number of nitrogens with two attached hydrogens (primary N) is 1. The summed E-state index contributed by atoms with van der Waals surface area (Å²) in [6.45, 7) is 0.359. The van der Waals surface area contributed by atoms with Crippen LogP contribution >= 0.6 is 15.9 Å². The highest BCUT2D eigenvalue weighted by atomic mass is 79.9. The zero-order valence-corrected chi connectivity index (χ0v) is 13.1. The van der Waals surface area contributed by atoms with Crippen molar-refractivity contribution in [3.63, 3.8) is 0 Å². The van der Waals surface area contributed by atoms with Crippen LogP contribution in [0.25, 0.3) is 0 Å². The van der Waals surface area contributed by atoms with Gasteiger partial charge in [-0.1, -0.05) is 35.2 Å². The molecule has 5 heteroatoms. The third-order valence-corrected chi connectivity index (χ3v) is 4.35. The molecule has 1 fully saturated rings. The fourth-order valence-electron chi connectivity index (χ4n) is 2.83. The van der Waals surface area contributed by atoms with Crippen molar-refractivity contribution in [2.24, 2.45) is 0 Å². The van der Waals surface area contributed by atoms with E-state index in [9.17, 15) is 9.90 Å². The second kappa shape index (κ2) is 7.09. The summed E-state index contributed by atoms with van der Waals surface area (Å²) in [4.78, 5) is 14.5. The number of amides is 1. The molecule has 110 valence electrons. The third kappa shape index (κ3) is 3.52. The van der Waals surface area contributed by atoms with Crippen molar-refractivity contribution in [2.75, 3.05) is 18.9 Å². The predicted molar refractivity (Wildman–Crippen MR) is 83.5 cm³/mol. The van der Waals surface area contributed by atoms with Gasteiger partial charge in [-0.05, 0) is 31.0 Å². The number of hydrogen-bond donors (Lipinski definition) is 2. The van der Waals surface area contributed by atoms with Crippen LogP contribution in [-0.4, -0.2) is 35.1 Å². The molecular formula is C15H21BrN2O2. The second-order valence-corrected chi connectivity index (χ2v) is 6.16. The van der Waals surface area contributed by atoms with Gasteiger partial charge in [-0.3, -0.25) is 4.79 Å². The zero-order valence-electron chi connectivity index (χ0n) is 11.5. The van der Waals surface area contributed by atoms with Crippen LogP contribution in [0, 0.1) is 0 Å². The molecule has 0 unspecified atom stereocenters. The van der Waals surface area contributed by atoms with Gasteiger partial charge >= 0.3 is 0 Å². The number of nitrogens with zero attached hydrogens (tertiary/aromatic N) is 1. The van der Waals surface area contributed by atoms with E-state index in [-0.39, 0.29) is 18.6 Å². The van der Waals surface area contributed by atoms with E-state index >= 15 is 0 Å². The van der Waals surface area contributed by atoms with Gasteiger partial charge in [-0.25, -0.2) is 0 Å². The fourth-order valence-corrected chi connectivity index (χ4v) is 3.21. The normalized spacial score (nSPS) is 16.1. The first kappa shape index (κ1) is 15.3. The molecule has 3 N–H and O–H groups in total. The first-order valence-electron chi connectivity index (χ1n) is 7.10. The van der Waals surface area contributed by atoms with Gasteiger partial charge in [0.1, 0.15) is 0 Å². The SMILES string of the molecule is Nc1cc(Br)ccc1C(=O)N(CCO)C1CCCCC1. The summed E-state index contributed by atoms with van der Waals surface area (Å²) in [6, 6.07) is 5.54. The van der Waals surface area contributed by atoms with Crippen molar-refractivity contribution >= 4 is 27.5 Å². The Bertz CT molecular complexity index is 473. The monoisotopic (exact) mass is 340 g/mol. The molecule has 0 spiro atoms. The lowest BCUT2D eigenvalue weighted by molar-refractivity contribution is 0.0586. The van der Waals surface area contributed by atoms with Crippen molar-refractivity contribution in [3.8, 4) is 0 Å². The Morgan fingerprint density at radius 2 is 2.05 bits per heavy atom. The lowest BCUT2D eigenvalue weighted by Gasteiger charge is -2.34. The maximum absolute atomic E-state index is 12.7. The van der Waals surface area contributed by atoms with Crippen molar-refractivity contribution in [2.45, 2.75) is 38.1 Å². The van der Waals surface area contributed by atoms with Crippen LogP contribution in [0.1, 0.15) is 42.5 Å². The largest absolute Gasteiger partial charge is 0.398 e. The standard InChI is InChI=1S/C15H21BrN2O2/c16-11-6-7-13(14(17)10-11)15(20)18(8-9-19)12-4-2-1-3-5-12/h6-7,10,12,19H,1-5,8-9,17H2. The summed E-state index contributed by atoms with van der Waals surface area (Å²) >= 11 is 3.34. The smallest absolute Gasteiger partial charge is 0.256 e. The van der Waals surface area contributed by atoms with Gasteiger partial charge in [0.25, 0.3) is 5.91 Å². The molecule has 0 aromatic heterocycles. The number of aliphatic hydroxyl groups excluding tert-OH is 1. The molecule has 0 saturated heterocycles. The molecule has 1 aromatic carbocycles. The molecule has 0 bridgehead atoms. The number of rotatable bonds is 4. The molecule has 0 atom stereocenters. The molecule has 4 nitrogen and oxygen atoms in total. The Balaban J connectivity index is 2.21. The molecule has 0 aliphatic heterocycles. The number of nitrogen functional groups attached to an aromatic ring is 1. The summed E-state index contributed by atoms with van der Waals surface area (Å²) in [6.07, 6.45) is 5.56. The minimum absolute atomic E-state index is 0.0152. The number of anilines is 1. The number of carbonyl (C=O) groups excluding carboxylic acids is 1. The van der Waals surface area contributed by atoms with Crippen molar-refractivity contribution < 1.29 is 9.90 Å².